The molecule has 1 aromatic carbocycles. The fourth-order valence-electron chi connectivity index (χ4n) is 1.26. The quantitative estimate of drug-likeness (QED) is 0.463. The molecule has 3 nitrogen and oxygen atoms in total. The molecule has 1 aromatic rings. The molecule has 1 aliphatic rings. The first kappa shape index (κ1) is 7.16. The first-order chi connectivity index (χ1) is 5.75. The largest absolute Gasteiger partial charge is 0.508 e. The Bertz CT molecular complexity index is 331. The number of rotatable bonds is 0. The van der Waals surface area contributed by atoms with Crippen molar-refractivity contribution >= 4 is 5.97 Å². The minimum absolute atomic E-state index is 0.128. The molecule has 0 bridgehead atoms. The summed E-state index contributed by atoms with van der Waals surface area (Å²) in [5.41, 5.74) is 0.979. The molecule has 1 heterocycles. The van der Waals surface area contributed by atoms with Gasteiger partial charge in [-0.3, -0.25) is 4.79 Å². The standard InChI is InChI=1S/C9H8O3/c10-7-3-1-6-2-4-9(11)12-8(6)5-7/h1,3,5,10H,2,4H2. The SMILES string of the molecule is O=C1CCc2ccc(O)cc2O1. The lowest BCUT2D eigenvalue weighted by Crippen LogP contribution is -2.15. The van der Waals surface area contributed by atoms with Crippen LogP contribution < -0.4 is 4.74 Å². The van der Waals surface area contributed by atoms with Gasteiger partial charge < -0.3 is 9.84 Å². The number of phenols is 1. The zero-order chi connectivity index (χ0) is 8.55. The number of ether oxygens (including phenoxy) is 1. The third-order valence-electron chi connectivity index (χ3n) is 1.87. The molecular weight excluding hydrogens is 156 g/mol. The summed E-state index contributed by atoms with van der Waals surface area (Å²) >= 11 is 0. The van der Waals surface area contributed by atoms with Crippen molar-refractivity contribution in [3.05, 3.63) is 23.8 Å². The zero-order valence-corrected chi connectivity index (χ0v) is 6.41. The molecule has 0 aromatic heterocycles. The molecule has 0 atom stereocenters. The Balaban J connectivity index is 2.44. The summed E-state index contributed by atoms with van der Waals surface area (Å²) < 4.78 is 4.91. The summed E-state index contributed by atoms with van der Waals surface area (Å²) in [6, 6.07) is 4.83. The second-order valence-corrected chi connectivity index (χ2v) is 2.77. The van der Waals surface area contributed by atoms with E-state index in [1.54, 1.807) is 12.1 Å². The van der Waals surface area contributed by atoms with Crippen molar-refractivity contribution in [2.24, 2.45) is 0 Å². The average Bonchev–Trinajstić information content (AvgIpc) is 2.03. The summed E-state index contributed by atoms with van der Waals surface area (Å²) in [7, 11) is 0. The van der Waals surface area contributed by atoms with Gasteiger partial charge in [0, 0.05) is 6.07 Å². The van der Waals surface area contributed by atoms with E-state index in [1.807, 2.05) is 0 Å². The number of benzene rings is 1. The Morgan fingerprint density at radius 2 is 2.17 bits per heavy atom. The molecule has 0 fully saturated rings. The molecule has 3 heteroatoms. The van der Waals surface area contributed by atoms with Crippen molar-refractivity contribution in [2.45, 2.75) is 12.8 Å². The van der Waals surface area contributed by atoms with Crippen LogP contribution in [0.4, 0.5) is 0 Å². The summed E-state index contributed by atoms with van der Waals surface area (Å²) in [6.07, 6.45) is 1.13. The molecule has 0 amide bonds. The highest BCUT2D eigenvalue weighted by Gasteiger charge is 2.16. The first-order valence-corrected chi connectivity index (χ1v) is 3.78. The predicted molar refractivity (Wildman–Crippen MR) is 42.1 cm³/mol. The number of carbonyl (C=O) groups excluding carboxylic acids is 1. The van der Waals surface area contributed by atoms with Gasteiger partial charge in [0.2, 0.25) is 0 Å². The fourth-order valence-corrected chi connectivity index (χ4v) is 1.26. The first-order valence-electron chi connectivity index (χ1n) is 3.78. The van der Waals surface area contributed by atoms with Crippen LogP contribution in [0.5, 0.6) is 11.5 Å². The van der Waals surface area contributed by atoms with Crippen LogP contribution in [-0.2, 0) is 11.2 Å². The second-order valence-electron chi connectivity index (χ2n) is 2.77. The minimum Gasteiger partial charge on any atom is -0.508 e. The number of hydrogen-bond acceptors (Lipinski definition) is 3. The summed E-state index contributed by atoms with van der Waals surface area (Å²) in [4.78, 5) is 10.8. The Labute approximate surface area is 69.6 Å². The molecule has 0 radical (unpaired) electrons. The Morgan fingerprint density at radius 1 is 1.33 bits per heavy atom. The van der Waals surface area contributed by atoms with Gasteiger partial charge in [-0.25, -0.2) is 0 Å². The maximum Gasteiger partial charge on any atom is 0.311 e. The van der Waals surface area contributed by atoms with Gasteiger partial charge in [0.25, 0.3) is 0 Å². The van der Waals surface area contributed by atoms with Crippen LogP contribution in [0.25, 0.3) is 0 Å². The molecule has 0 saturated carbocycles. The van der Waals surface area contributed by atoms with Gasteiger partial charge in [0.15, 0.2) is 0 Å². The van der Waals surface area contributed by atoms with E-state index in [4.69, 9.17) is 9.84 Å². The van der Waals surface area contributed by atoms with E-state index < -0.39 is 0 Å². The third kappa shape index (κ3) is 1.13. The number of phenolic OH excluding ortho intramolecular Hbond substituents is 1. The second kappa shape index (κ2) is 2.52. The van der Waals surface area contributed by atoms with E-state index >= 15 is 0 Å². The van der Waals surface area contributed by atoms with Crippen LogP contribution in [0.15, 0.2) is 18.2 Å². The van der Waals surface area contributed by atoms with E-state index in [2.05, 4.69) is 0 Å². The van der Waals surface area contributed by atoms with Gasteiger partial charge in [-0.2, -0.15) is 0 Å². The normalized spacial score (nSPS) is 15.2. The molecule has 0 spiro atoms. The van der Waals surface area contributed by atoms with Crippen molar-refractivity contribution in [1.82, 2.24) is 0 Å². The molecule has 0 aliphatic carbocycles. The molecule has 1 N–H and O–H groups in total. The number of carbonyl (C=O) groups is 1. The molecule has 12 heavy (non-hydrogen) atoms. The Kier molecular flexibility index (Phi) is 1.50. The molecule has 1 aliphatic heterocycles. The van der Waals surface area contributed by atoms with Crippen LogP contribution in [0.2, 0.25) is 0 Å². The van der Waals surface area contributed by atoms with Crippen LogP contribution in [0, 0.1) is 0 Å². The van der Waals surface area contributed by atoms with Gasteiger partial charge in [-0.15, -0.1) is 0 Å². The van der Waals surface area contributed by atoms with Gasteiger partial charge >= 0.3 is 5.97 Å². The summed E-state index contributed by atoms with van der Waals surface area (Å²) in [6.45, 7) is 0. The third-order valence-corrected chi connectivity index (χ3v) is 1.87. The summed E-state index contributed by atoms with van der Waals surface area (Å²) in [5.74, 6) is 0.391. The molecule has 62 valence electrons. The highest BCUT2D eigenvalue weighted by molar-refractivity contribution is 5.75. The van der Waals surface area contributed by atoms with E-state index in [9.17, 15) is 4.79 Å². The van der Waals surface area contributed by atoms with E-state index in [-0.39, 0.29) is 11.7 Å². The van der Waals surface area contributed by atoms with Crippen molar-refractivity contribution in [3.63, 3.8) is 0 Å². The van der Waals surface area contributed by atoms with Crippen LogP contribution in [0.3, 0.4) is 0 Å². The minimum atomic E-state index is -0.229. The lowest BCUT2D eigenvalue weighted by Gasteiger charge is -2.14. The number of hydrogen-bond donors (Lipinski definition) is 1. The molecule has 0 saturated heterocycles. The lowest BCUT2D eigenvalue weighted by molar-refractivity contribution is -0.135. The van der Waals surface area contributed by atoms with Crippen LogP contribution in [-0.4, -0.2) is 11.1 Å². The number of esters is 1. The number of fused-ring (bicyclic) bond motifs is 1. The van der Waals surface area contributed by atoms with Crippen molar-refractivity contribution in [2.75, 3.05) is 0 Å². The number of aromatic hydroxyl groups is 1. The monoisotopic (exact) mass is 164 g/mol. The Morgan fingerprint density at radius 3 is 3.00 bits per heavy atom. The van der Waals surface area contributed by atoms with Gasteiger partial charge in [-0.05, 0) is 18.1 Å². The average molecular weight is 164 g/mol. The topological polar surface area (TPSA) is 46.5 Å². The van der Waals surface area contributed by atoms with E-state index in [1.165, 1.54) is 6.07 Å². The maximum absolute atomic E-state index is 10.8. The van der Waals surface area contributed by atoms with Crippen LogP contribution in [0.1, 0.15) is 12.0 Å². The highest BCUT2D eigenvalue weighted by Crippen LogP contribution is 2.28. The zero-order valence-electron chi connectivity index (χ0n) is 6.41. The number of aryl methyl sites for hydroxylation is 1. The van der Waals surface area contributed by atoms with Crippen molar-refractivity contribution in [1.29, 1.82) is 0 Å². The van der Waals surface area contributed by atoms with E-state index in [0.29, 0.717) is 18.6 Å². The van der Waals surface area contributed by atoms with Gasteiger partial charge in [-0.1, -0.05) is 6.07 Å². The molecule has 2 rings (SSSR count). The molecule has 0 unspecified atom stereocenters. The molecular formula is C9H8O3. The maximum atomic E-state index is 10.8. The van der Waals surface area contributed by atoms with Crippen molar-refractivity contribution < 1.29 is 14.6 Å². The van der Waals surface area contributed by atoms with Gasteiger partial charge in [0.05, 0.1) is 6.42 Å². The van der Waals surface area contributed by atoms with Crippen molar-refractivity contribution in [3.8, 4) is 11.5 Å². The highest BCUT2D eigenvalue weighted by atomic mass is 16.5. The predicted octanol–water partition coefficient (Wildman–Crippen LogP) is 1.24. The Hall–Kier alpha value is -1.51. The fraction of sp³-hybridized carbons (Fsp3) is 0.222. The smallest absolute Gasteiger partial charge is 0.311 e. The van der Waals surface area contributed by atoms with Gasteiger partial charge in [0.1, 0.15) is 11.5 Å². The van der Waals surface area contributed by atoms with E-state index in [0.717, 1.165) is 5.56 Å². The lowest BCUT2D eigenvalue weighted by atomic mass is 10.1. The summed E-state index contributed by atoms with van der Waals surface area (Å²) in [5, 5.41) is 9.08. The van der Waals surface area contributed by atoms with Crippen LogP contribution >= 0.6 is 0 Å².